The van der Waals surface area contributed by atoms with E-state index >= 15 is 0 Å². The molecule has 0 amide bonds. The first kappa shape index (κ1) is 11.5. The van der Waals surface area contributed by atoms with E-state index in [0.29, 0.717) is 12.5 Å². The molecule has 4 nitrogen and oxygen atoms in total. The average Bonchev–Trinajstić information content (AvgIpc) is 3.11. The molecule has 0 aliphatic carbocycles. The van der Waals surface area contributed by atoms with Crippen molar-refractivity contribution in [2.45, 2.75) is 31.6 Å². The third kappa shape index (κ3) is 3.56. The van der Waals surface area contributed by atoms with Crippen LogP contribution < -0.4 is 5.32 Å². The van der Waals surface area contributed by atoms with Crippen LogP contribution in [0.15, 0.2) is 24.5 Å². The number of nitrogens with one attached hydrogen (secondary N) is 1. The molecule has 0 saturated carbocycles. The van der Waals surface area contributed by atoms with Gasteiger partial charge < -0.3 is 15.2 Å². The summed E-state index contributed by atoms with van der Waals surface area (Å²) in [7, 11) is 0. The molecule has 2 heterocycles. The van der Waals surface area contributed by atoms with Crippen LogP contribution in [-0.2, 0) is 4.74 Å². The second kappa shape index (κ2) is 5.39. The van der Waals surface area contributed by atoms with Gasteiger partial charge in [-0.15, -0.1) is 0 Å². The summed E-state index contributed by atoms with van der Waals surface area (Å²) in [5, 5.41) is 13.3. The van der Waals surface area contributed by atoms with Crippen molar-refractivity contribution in [1.29, 1.82) is 0 Å². The molecule has 3 atom stereocenters. The fourth-order valence-electron chi connectivity index (χ4n) is 1.65. The van der Waals surface area contributed by atoms with E-state index in [1.165, 1.54) is 0 Å². The van der Waals surface area contributed by atoms with Crippen LogP contribution in [0.5, 0.6) is 0 Å². The predicted octanol–water partition coefficient (Wildman–Crippen LogP) is 0.882. The molecule has 0 radical (unpaired) electrons. The molecule has 0 aromatic carbocycles. The van der Waals surface area contributed by atoms with E-state index in [9.17, 15) is 5.11 Å². The first-order valence-corrected chi connectivity index (χ1v) is 5.68. The zero-order valence-corrected chi connectivity index (χ0v) is 9.47. The molecule has 88 valence electrons. The minimum atomic E-state index is -0.448. The number of hydrogen-bond acceptors (Lipinski definition) is 4. The molecule has 1 fully saturated rings. The van der Waals surface area contributed by atoms with Crippen molar-refractivity contribution in [2.75, 3.05) is 13.2 Å². The second-order valence-corrected chi connectivity index (χ2v) is 4.30. The van der Waals surface area contributed by atoms with Crippen LogP contribution in [-0.4, -0.2) is 35.4 Å². The molecule has 0 bridgehead atoms. The zero-order valence-electron chi connectivity index (χ0n) is 9.47. The van der Waals surface area contributed by atoms with E-state index in [2.05, 4.69) is 17.2 Å². The van der Waals surface area contributed by atoms with Gasteiger partial charge in [0.2, 0.25) is 0 Å². The Labute approximate surface area is 95.7 Å². The van der Waals surface area contributed by atoms with Gasteiger partial charge in [0.15, 0.2) is 0 Å². The summed E-state index contributed by atoms with van der Waals surface area (Å²) in [6.45, 7) is 3.81. The molecular formula is C12H18N2O2. The highest BCUT2D eigenvalue weighted by Gasteiger charge is 2.23. The van der Waals surface area contributed by atoms with Gasteiger partial charge in [-0.2, -0.15) is 0 Å². The molecule has 1 aromatic rings. The number of nitrogens with zero attached hydrogens (tertiary/aromatic N) is 1. The Morgan fingerprint density at radius 3 is 3.12 bits per heavy atom. The Hall–Kier alpha value is -0.970. The number of aliphatic hydroxyl groups excluding tert-OH is 1. The summed E-state index contributed by atoms with van der Waals surface area (Å²) in [4.78, 5) is 4.00. The summed E-state index contributed by atoms with van der Waals surface area (Å²) in [5.41, 5.74) is 0.874. The molecule has 1 saturated heterocycles. The number of ether oxygens (including phenoxy) is 1. The van der Waals surface area contributed by atoms with E-state index in [0.717, 1.165) is 18.7 Å². The Balaban J connectivity index is 1.74. The zero-order chi connectivity index (χ0) is 11.4. The maximum atomic E-state index is 9.96. The molecule has 1 aliphatic heterocycles. The van der Waals surface area contributed by atoms with E-state index in [-0.39, 0.29) is 6.04 Å². The summed E-state index contributed by atoms with van der Waals surface area (Å²) in [5.74, 6) is 0. The molecule has 2 rings (SSSR count). The topological polar surface area (TPSA) is 57.7 Å². The minimum absolute atomic E-state index is 0.277. The van der Waals surface area contributed by atoms with Crippen LogP contribution >= 0.6 is 0 Å². The standard InChI is InChI=1S/C12H18N2O2/c1-9(14-7-11-8-16-11)5-12(15)10-3-2-4-13-6-10/h2-4,6,9,11-12,14-15H,5,7-8H2,1H3. The number of hydrogen-bond donors (Lipinski definition) is 2. The first-order chi connectivity index (χ1) is 7.75. The van der Waals surface area contributed by atoms with Gasteiger partial charge >= 0.3 is 0 Å². The van der Waals surface area contributed by atoms with E-state index in [4.69, 9.17) is 4.74 Å². The van der Waals surface area contributed by atoms with Crippen LogP contribution in [0.3, 0.4) is 0 Å². The number of pyridine rings is 1. The van der Waals surface area contributed by atoms with Crippen LogP contribution in [0.4, 0.5) is 0 Å². The summed E-state index contributed by atoms with van der Waals surface area (Å²) in [6.07, 6.45) is 4.05. The molecule has 1 aromatic heterocycles. The lowest BCUT2D eigenvalue weighted by Crippen LogP contribution is -2.31. The molecule has 0 spiro atoms. The van der Waals surface area contributed by atoms with Gasteiger partial charge in [0.25, 0.3) is 0 Å². The molecule has 2 N–H and O–H groups in total. The van der Waals surface area contributed by atoms with Gasteiger partial charge in [-0.25, -0.2) is 0 Å². The summed E-state index contributed by atoms with van der Waals surface area (Å²) < 4.78 is 5.11. The molecule has 1 aliphatic rings. The van der Waals surface area contributed by atoms with E-state index < -0.39 is 6.10 Å². The largest absolute Gasteiger partial charge is 0.388 e. The van der Waals surface area contributed by atoms with Crippen LogP contribution in [0.1, 0.15) is 25.0 Å². The SMILES string of the molecule is CC(CC(O)c1cccnc1)NCC1CO1. The van der Waals surface area contributed by atoms with Crippen LogP contribution in [0.25, 0.3) is 0 Å². The molecule has 4 heteroatoms. The van der Waals surface area contributed by atoms with Crippen molar-refractivity contribution in [2.24, 2.45) is 0 Å². The van der Waals surface area contributed by atoms with Gasteiger partial charge in [-0.05, 0) is 25.0 Å². The quantitative estimate of drug-likeness (QED) is 0.702. The lowest BCUT2D eigenvalue weighted by Gasteiger charge is -2.17. The fourth-order valence-corrected chi connectivity index (χ4v) is 1.65. The Morgan fingerprint density at radius 2 is 2.50 bits per heavy atom. The Bertz CT molecular complexity index is 314. The van der Waals surface area contributed by atoms with Crippen molar-refractivity contribution in [3.63, 3.8) is 0 Å². The van der Waals surface area contributed by atoms with Gasteiger partial charge in [0, 0.05) is 25.0 Å². The highest BCUT2D eigenvalue weighted by atomic mass is 16.6. The third-order valence-electron chi connectivity index (χ3n) is 2.74. The third-order valence-corrected chi connectivity index (χ3v) is 2.74. The Morgan fingerprint density at radius 1 is 1.69 bits per heavy atom. The predicted molar refractivity (Wildman–Crippen MR) is 61.0 cm³/mol. The highest BCUT2D eigenvalue weighted by molar-refractivity contribution is 5.11. The lowest BCUT2D eigenvalue weighted by molar-refractivity contribution is 0.153. The Kier molecular flexibility index (Phi) is 3.88. The molecule has 16 heavy (non-hydrogen) atoms. The smallest absolute Gasteiger partial charge is 0.0934 e. The average molecular weight is 222 g/mol. The number of aromatic nitrogens is 1. The second-order valence-electron chi connectivity index (χ2n) is 4.30. The minimum Gasteiger partial charge on any atom is -0.388 e. The van der Waals surface area contributed by atoms with Gasteiger partial charge in [-0.3, -0.25) is 4.98 Å². The van der Waals surface area contributed by atoms with Crippen molar-refractivity contribution in [3.05, 3.63) is 30.1 Å². The number of epoxide rings is 1. The van der Waals surface area contributed by atoms with Crippen molar-refractivity contribution >= 4 is 0 Å². The number of aliphatic hydroxyl groups is 1. The maximum Gasteiger partial charge on any atom is 0.0934 e. The summed E-state index contributed by atoms with van der Waals surface area (Å²) in [6, 6.07) is 4.02. The fraction of sp³-hybridized carbons (Fsp3) is 0.583. The van der Waals surface area contributed by atoms with Crippen molar-refractivity contribution in [3.8, 4) is 0 Å². The number of rotatable bonds is 6. The monoisotopic (exact) mass is 222 g/mol. The lowest BCUT2D eigenvalue weighted by atomic mass is 10.0. The molecule has 3 unspecified atom stereocenters. The van der Waals surface area contributed by atoms with E-state index in [1.807, 2.05) is 12.1 Å². The van der Waals surface area contributed by atoms with Gasteiger partial charge in [-0.1, -0.05) is 6.07 Å². The summed E-state index contributed by atoms with van der Waals surface area (Å²) >= 11 is 0. The van der Waals surface area contributed by atoms with E-state index in [1.54, 1.807) is 12.4 Å². The van der Waals surface area contributed by atoms with Crippen LogP contribution in [0, 0.1) is 0 Å². The first-order valence-electron chi connectivity index (χ1n) is 5.68. The highest BCUT2D eigenvalue weighted by Crippen LogP contribution is 2.17. The van der Waals surface area contributed by atoms with Gasteiger partial charge in [0.05, 0.1) is 18.8 Å². The van der Waals surface area contributed by atoms with Crippen molar-refractivity contribution in [1.82, 2.24) is 10.3 Å². The maximum absolute atomic E-state index is 9.96. The van der Waals surface area contributed by atoms with Crippen molar-refractivity contribution < 1.29 is 9.84 Å². The molecular weight excluding hydrogens is 204 g/mol. The van der Waals surface area contributed by atoms with Crippen LogP contribution in [0.2, 0.25) is 0 Å². The van der Waals surface area contributed by atoms with Gasteiger partial charge in [0.1, 0.15) is 0 Å². The normalized spacial score (nSPS) is 22.8.